The second kappa shape index (κ2) is 4.51. The number of hydrogen-bond acceptors (Lipinski definition) is 3. The van der Waals surface area contributed by atoms with Gasteiger partial charge in [0, 0.05) is 6.42 Å². The molecule has 0 aliphatic carbocycles. The predicted molar refractivity (Wildman–Crippen MR) is 35.8 cm³/mol. The highest BCUT2D eigenvalue weighted by atomic mass is 19.4. The molecule has 0 rings (SSSR count). The van der Waals surface area contributed by atoms with E-state index < -0.39 is 36.4 Å². The Morgan fingerprint density at radius 1 is 1.12 bits per heavy atom. The molecule has 0 aromatic heterocycles. The van der Waals surface area contributed by atoms with E-state index in [1.165, 1.54) is 0 Å². The van der Waals surface area contributed by atoms with Gasteiger partial charge in [-0.25, -0.2) is 4.74 Å². The number of carboxylic acids is 1. The average Bonchev–Trinajstić information content (AvgIpc) is 1.97. The van der Waals surface area contributed by atoms with Gasteiger partial charge in [-0.1, -0.05) is 6.58 Å². The van der Waals surface area contributed by atoms with Gasteiger partial charge in [0.25, 0.3) is 0 Å². The molecule has 0 saturated carbocycles. The van der Waals surface area contributed by atoms with E-state index in [0.717, 1.165) is 0 Å². The van der Waals surface area contributed by atoms with Gasteiger partial charge in [0.1, 0.15) is 0 Å². The number of ether oxygens (including phenoxy) is 1. The zero-order chi connectivity index (χ0) is 14.1. The van der Waals surface area contributed by atoms with Crippen LogP contribution in [-0.4, -0.2) is 24.4 Å². The van der Waals surface area contributed by atoms with Gasteiger partial charge < -0.3 is 9.90 Å². The van der Waals surface area contributed by atoms with Crippen LogP contribution in [0.15, 0.2) is 12.2 Å². The molecule has 3 nitrogen and oxygen atoms in total. The van der Waals surface area contributed by atoms with Gasteiger partial charge in [0.05, 0.1) is 5.97 Å². The van der Waals surface area contributed by atoms with Crippen LogP contribution in [0.4, 0.5) is 30.7 Å². The summed E-state index contributed by atoms with van der Waals surface area (Å²) in [6, 6.07) is 0. The fraction of sp³-hybridized carbons (Fsp3) is 0.571. The van der Waals surface area contributed by atoms with Gasteiger partial charge in [-0.2, -0.15) is 17.6 Å². The Morgan fingerprint density at radius 2 is 1.53 bits per heavy atom. The lowest BCUT2D eigenvalue weighted by Crippen LogP contribution is -2.47. The van der Waals surface area contributed by atoms with E-state index in [-0.39, 0.29) is 0 Å². The molecule has 0 aromatic carbocycles. The molecule has 0 N–H and O–H groups in total. The molecule has 10 heteroatoms. The monoisotopic (exact) mass is 269 g/mol. The van der Waals surface area contributed by atoms with Gasteiger partial charge in [-0.3, -0.25) is 0 Å². The first-order valence-electron chi connectivity index (χ1n) is 3.70. The first-order chi connectivity index (χ1) is 7.28. The Kier molecular flexibility index (Phi) is 4.16. The van der Waals surface area contributed by atoms with Crippen LogP contribution in [0.5, 0.6) is 0 Å². The van der Waals surface area contributed by atoms with Crippen molar-refractivity contribution in [3.63, 3.8) is 0 Å². The van der Waals surface area contributed by atoms with Crippen LogP contribution in [-0.2, 0) is 9.53 Å². The number of aliphatic carboxylic acids is 1. The van der Waals surface area contributed by atoms with E-state index in [4.69, 9.17) is 0 Å². The van der Waals surface area contributed by atoms with E-state index in [1.807, 2.05) is 4.74 Å². The minimum absolute atomic E-state index is 1.49. The third-order valence-corrected chi connectivity index (χ3v) is 1.39. The third-order valence-electron chi connectivity index (χ3n) is 1.39. The second-order valence-electron chi connectivity index (χ2n) is 2.84. The fourth-order valence-corrected chi connectivity index (χ4v) is 0.663. The molecule has 0 fully saturated rings. The SMILES string of the molecule is C=C(CC(F)(F)C(F)(F)OC(F)(F)F)C(=O)[O-]. The highest BCUT2D eigenvalue weighted by Gasteiger charge is 2.62. The molecule has 17 heavy (non-hydrogen) atoms. The molecule has 0 atom stereocenters. The summed E-state index contributed by atoms with van der Waals surface area (Å²) in [5, 5.41) is 9.94. The van der Waals surface area contributed by atoms with Crippen molar-refractivity contribution in [2.45, 2.75) is 24.8 Å². The number of alkyl halides is 7. The van der Waals surface area contributed by atoms with Crippen LogP contribution in [0.25, 0.3) is 0 Å². The van der Waals surface area contributed by atoms with Gasteiger partial charge in [0.2, 0.25) is 0 Å². The highest BCUT2D eigenvalue weighted by molar-refractivity contribution is 5.83. The van der Waals surface area contributed by atoms with E-state index in [0.29, 0.717) is 0 Å². The Labute approximate surface area is 89.5 Å². The Hall–Kier alpha value is -1.32. The molecule has 0 aromatic rings. The molecule has 0 aliphatic rings. The quantitative estimate of drug-likeness (QED) is 0.560. The smallest absolute Gasteiger partial charge is 0.527 e. The van der Waals surface area contributed by atoms with Crippen molar-refractivity contribution in [1.82, 2.24) is 0 Å². The zero-order valence-electron chi connectivity index (χ0n) is 7.78. The van der Waals surface area contributed by atoms with Crippen molar-refractivity contribution in [3.8, 4) is 0 Å². The molecule has 0 radical (unpaired) electrons. The lowest BCUT2D eigenvalue weighted by molar-refractivity contribution is -0.465. The Bertz CT molecular complexity index is 320. The highest BCUT2D eigenvalue weighted by Crippen LogP contribution is 2.42. The fourth-order valence-electron chi connectivity index (χ4n) is 0.663. The minimum atomic E-state index is -6.00. The van der Waals surface area contributed by atoms with Crippen molar-refractivity contribution >= 4 is 5.97 Å². The maximum atomic E-state index is 12.6. The normalized spacial score (nSPS) is 13.6. The summed E-state index contributed by atoms with van der Waals surface area (Å²) in [5.74, 6) is -7.67. The van der Waals surface area contributed by atoms with Crippen molar-refractivity contribution < 1.29 is 45.4 Å². The summed E-state index contributed by atoms with van der Waals surface area (Å²) in [6.45, 7) is 2.44. The second-order valence-corrected chi connectivity index (χ2v) is 2.84. The van der Waals surface area contributed by atoms with Crippen molar-refractivity contribution in [3.05, 3.63) is 12.2 Å². The Morgan fingerprint density at radius 3 is 1.82 bits per heavy atom. The lowest BCUT2D eigenvalue weighted by Gasteiger charge is -2.27. The lowest BCUT2D eigenvalue weighted by atomic mass is 10.1. The predicted octanol–water partition coefficient (Wildman–Crippen LogP) is 1.45. The number of carboxylic acid groups (broad SMARTS) is 1. The first-order valence-corrected chi connectivity index (χ1v) is 3.70. The van der Waals surface area contributed by atoms with Crippen molar-refractivity contribution in [2.75, 3.05) is 0 Å². The number of carbonyl (C=O) groups excluding carboxylic acids is 1. The molecule has 0 saturated heterocycles. The van der Waals surface area contributed by atoms with E-state index in [1.54, 1.807) is 0 Å². The van der Waals surface area contributed by atoms with Crippen LogP contribution < -0.4 is 5.11 Å². The molecular weight excluding hydrogens is 265 g/mol. The summed E-state index contributed by atoms with van der Waals surface area (Å²) in [7, 11) is 0. The van der Waals surface area contributed by atoms with Crippen LogP contribution in [0, 0.1) is 0 Å². The van der Waals surface area contributed by atoms with Gasteiger partial charge in [0.15, 0.2) is 0 Å². The molecule has 100 valence electrons. The van der Waals surface area contributed by atoms with E-state index in [9.17, 15) is 40.6 Å². The summed E-state index contributed by atoms with van der Waals surface area (Å²) >= 11 is 0. The summed E-state index contributed by atoms with van der Waals surface area (Å²) in [6.07, 6.45) is -14.2. The molecule has 0 spiro atoms. The van der Waals surface area contributed by atoms with Gasteiger partial charge in [-0.15, -0.1) is 13.2 Å². The van der Waals surface area contributed by atoms with Gasteiger partial charge in [-0.05, 0) is 5.57 Å². The molecular formula is C7H4F7O3-. The first kappa shape index (κ1) is 15.7. The maximum Gasteiger partial charge on any atom is 0.527 e. The standard InChI is InChI=1S/C7H5F7O3/c1-3(4(15)16)2-5(8,9)6(10,11)17-7(12,13)14/h1-2H2,(H,15,16)/p-1. The van der Waals surface area contributed by atoms with Crippen LogP contribution in [0.3, 0.4) is 0 Å². The molecule has 0 heterocycles. The van der Waals surface area contributed by atoms with Crippen LogP contribution >= 0.6 is 0 Å². The number of halogens is 7. The van der Waals surface area contributed by atoms with E-state index >= 15 is 0 Å². The van der Waals surface area contributed by atoms with Gasteiger partial charge >= 0.3 is 18.4 Å². The van der Waals surface area contributed by atoms with Crippen molar-refractivity contribution in [1.29, 1.82) is 0 Å². The molecule has 0 aliphatic heterocycles. The zero-order valence-corrected chi connectivity index (χ0v) is 7.78. The third kappa shape index (κ3) is 4.59. The summed E-state index contributed by atoms with van der Waals surface area (Å²) < 4.78 is 86.1. The van der Waals surface area contributed by atoms with Crippen LogP contribution in [0.2, 0.25) is 0 Å². The Balaban J connectivity index is 4.90. The number of rotatable bonds is 5. The molecule has 0 amide bonds. The number of hydrogen-bond donors (Lipinski definition) is 0. The summed E-state index contributed by atoms with van der Waals surface area (Å²) in [4.78, 5) is 9.94. The topological polar surface area (TPSA) is 49.4 Å². The maximum absolute atomic E-state index is 12.6. The molecule has 0 bridgehead atoms. The molecule has 0 unspecified atom stereocenters. The largest absolute Gasteiger partial charge is 0.545 e. The number of carbonyl (C=O) groups is 1. The average molecular weight is 269 g/mol. The summed E-state index contributed by atoms with van der Waals surface area (Å²) in [5.41, 5.74) is -1.49. The van der Waals surface area contributed by atoms with E-state index in [2.05, 4.69) is 6.58 Å². The van der Waals surface area contributed by atoms with Crippen LogP contribution in [0.1, 0.15) is 6.42 Å². The van der Waals surface area contributed by atoms with Crippen molar-refractivity contribution in [2.24, 2.45) is 0 Å². The minimum Gasteiger partial charge on any atom is -0.545 e.